The van der Waals surface area contributed by atoms with Crippen LogP contribution < -0.4 is 9.47 Å². The zero-order valence-electron chi connectivity index (χ0n) is 21.9. The first-order valence-electron chi connectivity index (χ1n) is 12.8. The minimum absolute atomic E-state index is 0.0793. The summed E-state index contributed by atoms with van der Waals surface area (Å²) >= 11 is 0. The first-order valence-corrected chi connectivity index (χ1v) is 14.4. The molecule has 4 heterocycles. The summed E-state index contributed by atoms with van der Waals surface area (Å²) in [6, 6.07) is 3.26. The Bertz CT molecular complexity index is 1290. The van der Waals surface area contributed by atoms with Gasteiger partial charge in [0.25, 0.3) is 0 Å². The average molecular weight is 531 g/mol. The molecule has 2 saturated heterocycles. The molecular formula is C26H34N4O6S. The number of piperidine rings is 1. The SMILES string of the molecule is Cc1nc(S(=O)(=O)C2CC2)ccc1Oc1ncnc(OC2CC3CC[C@@H](C2)N3C(=O)OC(C)(C)C)c1C. The molecule has 2 bridgehead atoms. The number of carbonyl (C=O) groups excluding carboxylic acids is 1. The van der Waals surface area contributed by atoms with Crippen molar-refractivity contribution < 1.29 is 27.4 Å². The smallest absolute Gasteiger partial charge is 0.410 e. The van der Waals surface area contributed by atoms with Gasteiger partial charge in [-0.05, 0) is 72.4 Å². The van der Waals surface area contributed by atoms with E-state index in [0.717, 1.165) is 12.8 Å². The Morgan fingerprint density at radius 2 is 1.65 bits per heavy atom. The first kappa shape index (κ1) is 25.7. The highest BCUT2D eigenvalue weighted by Crippen LogP contribution is 2.39. The van der Waals surface area contributed by atoms with Crippen molar-refractivity contribution >= 4 is 15.9 Å². The van der Waals surface area contributed by atoms with Crippen molar-refractivity contribution in [3.63, 3.8) is 0 Å². The molecule has 0 N–H and O–H groups in total. The van der Waals surface area contributed by atoms with Crippen LogP contribution in [-0.2, 0) is 14.6 Å². The van der Waals surface area contributed by atoms with E-state index in [1.807, 2.05) is 32.6 Å². The van der Waals surface area contributed by atoms with Crippen LogP contribution in [0.3, 0.4) is 0 Å². The number of sulfone groups is 1. The molecule has 2 unspecified atom stereocenters. The maximum absolute atomic E-state index is 12.7. The van der Waals surface area contributed by atoms with Crippen molar-refractivity contribution in [3.8, 4) is 17.5 Å². The maximum atomic E-state index is 12.7. The van der Waals surface area contributed by atoms with Crippen LogP contribution in [0.5, 0.6) is 17.5 Å². The molecule has 3 atom stereocenters. The van der Waals surface area contributed by atoms with Crippen LogP contribution in [0.4, 0.5) is 4.79 Å². The monoisotopic (exact) mass is 530 g/mol. The van der Waals surface area contributed by atoms with Gasteiger partial charge in [0.05, 0.1) is 16.5 Å². The van der Waals surface area contributed by atoms with E-state index in [4.69, 9.17) is 14.2 Å². The normalized spacial score (nSPS) is 23.6. The van der Waals surface area contributed by atoms with Crippen LogP contribution in [0.1, 0.15) is 70.6 Å². The molecule has 1 amide bonds. The third-order valence-electron chi connectivity index (χ3n) is 7.04. The van der Waals surface area contributed by atoms with Gasteiger partial charge in [-0.25, -0.2) is 28.2 Å². The number of hydrogen-bond donors (Lipinski definition) is 0. The van der Waals surface area contributed by atoms with Crippen molar-refractivity contribution in [3.05, 3.63) is 29.7 Å². The predicted molar refractivity (Wildman–Crippen MR) is 135 cm³/mol. The van der Waals surface area contributed by atoms with Gasteiger partial charge in [0.1, 0.15) is 18.0 Å². The third kappa shape index (κ3) is 5.37. The van der Waals surface area contributed by atoms with Crippen molar-refractivity contribution in [2.75, 3.05) is 0 Å². The van der Waals surface area contributed by atoms with Crippen molar-refractivity contribution in [1.29, 1.82) is 0 Å². The van der Waals surface area contributed by atoms with Crippen molar-refractivity contribution in [2.24, 2.45) is 0 Å². The molecule has 1 aliphatic carbocycles. The van der Waals surface area contributed by atoms with Crippen LogP contribution in [-0.4, -0.2) is 63.4 Å². The fraction of sp³-hybridized carbons (Fsp3) is 0.615. The molecule has 2 aromatic rings. The molecule has 2 aromatic heterocycles. The molecule has 200 valence electrons. The van der Waals surface area contributed by atoms with Gasteiger partial charge in [-0.2, -0.15) is 0 Å². The second-order valence-electron chi connectivity index (χ2n) is 11.2. The van der Waals surface area contributed by atoms with E-state index in [0.29, 0.717) is 54.5 Å². The lowest BCUT2D eigenvalue weighted by molar-refractivity contribution is -0.00773. The summed E-state index contributed by atoms with van der Waals surface area (Å²) in [4.78, 5) is 27.5. The van der Waals surface area contributed by atoms with Gasteiger partial charge in [-0.3, -0.25) is 0 Å². The standard InChI is InChI=1S/C26H34N4O6S/c1-15-23(34-19-12-17-6-7-18(13-19)30(17)25(31)36-26(3,4)5)27-14-28-24(15)35-21-10-11-22(29-16(21)2)37(32,33)20-8-9-20/h10-11,14,17-20H,6-9,12-13H2,1-5H3/t17-,18?,19?/m0/s1. The highest BCUT2D eigenvalue weighted by Gasteiger charge is 2.46. The van der Waals surface area contributed by atoms with E-state index in [1.54, 1.807) is 13.0 Å². The fourth-order valence-electron chi connectivity index (χ4n) is 5.08. The third-order valence-corrected chi connectivity index (χ3v) is 9.20. The molecule has 3 aliphatic rings. The lowest BCUT2D eigenvalue weighted by Gasteiger charge is -2.39. The van der Waals surface area contributed by atoms with Gasteiger partial charge in [-0.15, -0.1) is 0 Å². The first-order chi connectivity index (χ1) is 17.4. The number of hydrogen-bond acceptors (Lipinski definition) is 9. The quantitative estimate of drug-likeness (QED) is 0.530. The Balaban J connectivity index is 1.27. The minimum Gasteiger partial charge on any atom is -0.474 e. The van der Waals surface area contributed by atoms with Crippen molar-refractivity contribution in [1.82, 2.24) is 19.9 Å². The van der Waals surface area contributed by atoms with Crippen LogP contribution >= 0.6 is 0 Å². The van der Waals surface area contributed by atoms with E-state index < -0.39 is 15.4 Å². The van der Waals surface area contributed by atoms with Crippen LogP contribution in [0, 0.1) is 13.8 Å². The Morgan fingerprint density at radius 3 is 2.24 bits per heavy atom. The molecule has 0 aromatic carbocycles. The van der Waals surface area contributed by atoms with E-state index in [2.05, 4.69) is 15.0 Å². The summed E-state index contributed by atoms with van der Waals surface area (Å²) in [7, 11) is -3.38. The molecule has 11 heteroatoms. The van der Waals surface area contributed by atoms with Gasteiger partial charge in [0, 0.05) is 24.9 Å². The van der Waals surface area contributed by atoms with Crippen LogP contribution in [0.2, 0.25) is 0 Å². The Kier molecular flexibility index (Phi) is 6.54. The van der Waals surface area contributed by atoms with Gasteiger partial charge in [-0.1, -0.05) is 0 Å². The van der Waals surface area contributed by atoms with E-state index in [9.17, 15) is 13.2 Å². The Labute approximate surface area is 217 Å². The Hall–Kier alpha value is -2.95. The summed E-state index contributed by atoms with van der Waals surface area (Å²) in [6.45, 7) is 9.17. The van der Waals surface area contributed by atoms with E-state index >= 15 is 0 Å². The number of amides is 1. The number of nitrogens with zero attached hydrogens (tertiary/aromatic N) is 4. The second kappa shape index (κ2) is 9.41. The molecule has 5 rings (SSSR count). The molecule has 10 nitrogen and oxygen atoms in total. The number of ether oxygens (including phenoxy) is 3. The maximum Gasteiger partial charge on any atom is 0.410 e. The number of aryl methyl sites for hydroxylation is 1. The van der Waals surface area contributed by atoms with Crippen LogP contribution in [0.15, 0.2) is 23.5 Å². The predicted octanol–water partition coefficient (Wildman–Crippen LogP) is 4.53. The summed E-state index contributed by atoms with van der Waals surface area (Å²) in [5.74, 6) is 1.17. The number of fused-ring (bicyclic) bond motifs is 2. The Morgan fingerprint density at radius 1 is 1.00 bits per heavy atom. The number of carbonyl (C=O) groups is 1. The fourth-order valence-corrected chi connectivity index (χ4v) is 6.70. The second-order valence-corrected chi connectivity index (χ2v) is 13.3. The highest BCUT2D eigenvalue weighted by molar-refractivity contribution is 7.92. The lowest BCUT2D eigenvalue weighted by Crippen LogP contribution is -2.50. The highest BCUT2D eigenvalue weighted by atomic mass is 32.2. The zero-order valence-corrected chi connectivity index (χ0v) is 22.7. The van der Waals surface area contributed by atoms with Crippen molar-refractivity contribution in [2.45, 2.75) is 107 Å². The van der Waals surface area contributed by atoms with Gasteiger partial charge >= 0.3 is 6.09 Å². The zero-order chi connectivity index (χ0) is 26.5. The summed E-state index contributed by atoms with van der Waals surface area (Å²) in [5.41, 5.74) is 0.574. The van der Waals surface area contributed by atoms with Gasteiger partial charge in [0.2, 0.25) is 11.8 Å². The summed E-state index contributed by atoms with van der Waals surface area (Å²) < 4.78 is 42.9. The van der Waals surface area contributed by atoms with E-state index in [1.165, 1.54) is 12.4 Å². The molecule has 0 radical (unpaired) electrons. The largest absolute Gasteiger partial charge is 0.474 e. The molecule has 3 fully saturated rings. The summed E-state index contributed by atoms with van der Waals surface area (Å²) in [6.07, 6.45) is 5.68. The number of pyridine rings is 1. The molecule has 0 spiro atoms. The number of rotatable bonds is 6. The lowest BCUT2D eigenvalue weighted by atomic mass is 10.00. The minimum atomic E-state index is -3.38. The van der Waals surface area contributed by atoms with Gasteiger partial charge < -0.3 is 19.1 Å². The summed E-state index contributed by atoms with van der Waals surface area (Å²) in [5, 5.41) is -0.239. The molecule has 1 saturated carbocycles. The molecule has 2 aliphatic heterocycles. The molecule has 37 heavy (non-hydrogen) atoms. The van der Waals surface area contributed by atoms with Crippen LogP contribution in [0.25, 0.3) is 0 Å². The average Bonchev–Trinajstić information content (AvgIpc) is 3.62. The van der Waals surface area contributed by atoms with Gasteiger partial charge in [0.15, 0.2) is 20.6 Å². The topological polar surface area (TPSA) is 121 Å². The number of aromatic nitrogens is 3. The molecular weight excluding hydrogens is 496 g/mol. The van der Waals surface area contributed by atoms with E-state index in [-0.39, 0.29) is 34.6 Å².